The molecule has 3 N–H and O–H groups in total. The van der Waals surface area contributed by atoms with Gasteiger partial charge in [0.1, 0.15) is 0 Å². The maximum absolute atomic E-state index is 11.4. The van der Waals surface area contributed by atoms with Gasteiger partial charge in [0.2, 0.25) is 5.91 Å². The van der Waals surface area contributed by atoms with Gasteiger partial charge in [-0.1, -0.05) is 38.1 Å². The molecule has 0 saturated carbocycles. The van der Waals surface area contributed by atoms with Crippen LogP contribution in [0.25, 0.3) is 0 Å². The highest BCUT2D eigenvalue weighted by Crippen LogP contribution is 2.20. The molecule has 0 saturated heterocycles. The normalized spacial score (nSPS) is 12.5. The number of rotatable bonds is 5. The zero-order chi connectivity index (χ0) is 12.8. The number of nitrogens with one attached hydrogen (secondary N) is 1. The van der Waals surface area contributed by atoms with E-state index in [1.54, 1.807) is 0 Å². The largest absolute Gasteiger partial charge is 0.294 e. The molecule has 1 amide bonds. The molecule has 0 radical (unpaired) electrons. The van der Waals surface area contributed by atoms with Crippen LogP contribution < -0.4 is 11.3 Å². The summed E-state index contributed by atoms with van der Waals surface area (Å²) in [6, 6.07) is 8.14. The molecule has 1 atom stereocenters. The molecule has 1 aromatic carbocycles. The van der Waals surface area contributed by atoms with E-state index in [0.717, 1.165) is 11.3 Å². The van der Waals surface area contributed by atoms with E-state index in [4.69, 9.17) is 5.84 Å². The Balaban J connectivity index is 2.64. The lowest BCUT2D eigenvalue weighted by atomic mass is 9.99. The molecular formula is C13H20N2OS. The summed E-state index contributed by atoms with van der Waals surface area (Å²) in [6.45, 7) is 6.22. The summed E-state index contributed by atoms with van der Waals surface area (Å²) in [6.07, 6.45) is 0. The van der Waals surface area contributed by atoms with E-state index < -0.39 is 0 Å². The summed E-state index contributed by atoms with van der Waals surface area (Å²) in [5.74, 6) is 5.77. The maximum atomic E-state index is 11.4. The van der Waals surface area contributed by atoms with E-state index in [1.165, 1.54) is 5.56 Å². The number of amides is 1. The topological polar surface area (TPSA) is 55.1 Å². The highest BCUT2D eigenvalue weighted by molar-refractivity contribution is 7.99. The van der Waals surface area contributed by atoms with Gasteiger partial charge in [-0.25, -0.2) is 5.84 Å². The Bertz CT molecular complexity index is 362. The van der Waals surface area contributed by atoms with Crippen molar-refractivity contribution in [3.8, 4) is 0 Å². The SMILES string of the molecule is CC(C)SCc1ccc(C(C)C(=O)NN)cc1. The number of nitrogens with two attached hydrogens (primary N) is 1. The second kappa shape index (κ2) is 6.67. The number of hydrazine groups is 1. The van der Waals surface area contributed by atoms with Gasteiger partial charge in [-0.3, -0.25) is 10.2 Å². The van der Waals surface area contributed by atoms with Gasteiger partial charge in [-0.15, -0.1) is 0 Å². The number of hydrogen-bond acceptors (Lipinski definition) is 3. The quantitative estimate of drug-likeness (QED) is 0.481. The number of hydrogen-bond donors (Lipinski definition) is 2. The average molecular weight is 252 g/mol. The predicted octanol–water partition coefficient (Wildman–Crippen LogP) is 2.42. The molecule has 4 heteroatoms. The third kappa shape index (κ3) is 4.40. The molecule has 0 fully saturated rings. The number of benzene rings is 1. The van der Waals surface area contributed by atoms with Gasteiger partial charge < -0.3 is 0 Å². The number of carbonyl (C=O) groups excluding carboxylic acids is 1. The van der Waals surface area contributed by atoms with Crippen molar-refractivity contribution in [2.24, 2.45) is 5.84 Å². The van der Waals surface area contributed by atoms with Crippen LogP contribution in [0, 0.1) is 0 Å². The molecule has 94 valence electrons. The summed E-state index contributed by atoms with van der Waals surface area (Å²) >= 11 is 1.91. The van der Waals surface area contributed by atoms with Gasteiger partial charge in [0.15, 0.2) is 0 Å². The van der Waals surface area contributed by atoms with Crippen LogP contribution in [0.1, 0.15) is 37.8 Å². The highest BCUT2D eigenvalue weighted by Gasteiger charge is 2.13. The zero-order valence-electron chi connectivity index (χ0n) is 10.6. The summed E-state index contributed by atoms with van der Waals surface area (Å²) < 4.78 is 0. The summed E-state index contributed by atoms with van der Waals surface area (Å²) in [5.41, 5.74) is 4.45. The van der Waals surface area contributed by atoms with Gasteiger partial charge >= 0.3 is 0 Å². The molecule has 0 aliphatic carbocycles. The van der Waals surface area contributed by atoms with Crippen molar-refractivity contribution in [1.82, 2.24) is 5.43 Å². The van der Waals surface area contributed by atoms with Crippen LogP contribution in [0.5, 0.6) is 0 Å². The minimum Gasteiger partial charge on any atom is -0.294 e. The lowest BCUT2D eigenvalue weighted by Crippen LogP contribution is -2.33. The van der Waals surface area contributed by atoms with Gasteiger partial charge in [-0.05, 0) is 23.3 Å². The molecule has 0 bridgehead atoms. The Morgan fingerprint density at radius 1 is 1.29 bits per heavy atom. The summed E-state index contributed by atoms with van der Waals surface area (Å²) in [4.78, 5) is 11.4. The van der Waals surface area contributed by atoms with Crippen molar-refractivity contribution in [3.05, 3.63) is 35.4 Å². The Kier molecular flexibility index (Phi) is 5.51. The first-order valence-electron chi connectivity index (χ1n) is 5.75. The first-order valence-corrected chi connectivity index (χ1v) is 6.80. The van der Waals surface area contributed by atoms with Crippen LogP contribution in [-0.4, -0.2) is 11.2 Å². The number of thioether (sulfide) groups is 1. The maximum Gasteiger partial charge on any atom is 0.241 e. The van der Waals surface area contributed by atoms with Gasteiger partial charge in [0.25, 0.3) is 0 Å². The van der Waals surface area contributed by atoms with Crippen LogP contribution in [0.2, 0.25) is 0 Å². The fraction of sp³-hybridized carbons (Fsp3) is 0.462. The minimum absolute atomic E-state index is 0.158. The Morgan fingerprint density at radius 2 is 1.88 bits per heavy atom. The van der Waals surface area contributed by atoms with E-state index in [2.05, 4.69) is 31.4 Å². The zero-order valence-corrected chi connectivity index (χ0v) is 11.4. The van der Waals surface area contributed by atoms with E-state index in [9.17, 15) is 4.79 Å². The van der Waals surface area contributed by atoms with Crippen LogP contribution in [-0.2, 0) is 10.5 Å². The Morgan fingerprint density at radius 3 is 2.35 bits per heavy atom. The lowest BCUT2D eigenvalue weighted by Gasteiger charge is -2.11. The van der Waals surface area contributed by atoms with Crippen LogP contribution in [0.3, 0.4) is 0 Å². The molecule has 1 aromatic rings. The van der Waals surface area contributed by atoms with Crippen molar-refractivity contribution in [2.45, 2.75) is 37.7 Å². The first kappa shape index (κ1) is 14.1. The van der Waals surface area contributed by atoms with E-state index in [0.29, 0.717) is 5.25 Å². The van der Waals surface area contributed by atoms with Crippen LogP contribution in [0.4, 0.5) is 0 Å². The second-order valence-corrected chi connectivity index (χ2v) is 5.90. The van der Waals surface area contributed by atoms with Crippen molar-refractivity contribution < 1.29 is 4.79 Å². The summed E-state index contributed by atoms with van der Waals surface area (Å²) in [7, 11) is 0. The van der Waals surface area contributed by atoms with Gasteiger partial charge in [-0.2, -0.15) is 11.8 Å². The molecule has 0 aromatic heterocycles. The van der Waals surface area contributed by atoms with Crippen molar-refractivity contribution >= 4 is 17.7 Å². The lowest BCUT2D eigenvalue weighted by molar-refractivity contribution is -0.122. The molecule has 0 aliphatic rings. The van der Waals surface area contributed by atoms with Crippen molar-refractivity contribution in [1.29, 1.82) is 0 Å². The van der Waals surface area contributed by atoms with Gasteiger partial charge in [0, 0.05) is 5.75 Å². The molecule has 1 unspecified atom stereocenters. The Hall–Kier alpha value is -1.00. The third-order valence-electron chi connectivity index (χ3n) is 2.60. The fourth-order valence-electron chi connectivity index (χ4n) is 1.44. The van der Waals surface area contributed by atoms with Crippen molar-refractivity contribution in [2.75, 3.05) is 0 Å². The molecule has 0 spiro atoms. The highest BCUT2D eigenvalue weighted by atomic mass is 32.2. The molecule has 0 heterocycles. The molecule has 3 nitrogen and oxygen atoms in total. The van der Waals surface area contributed by atoms with E-state index >= 15 is 0 Å². The molecule has 1 rings (SSSR count). The van der Waals surface area contributed by atoms with E-state index in [-0.39, 0.29) is 11.8 Å². The van der Waals surface area contributed by atoms with Crippen LogP contribution in [0.15, 0.2) is 24.3 Å². The predicted molar refractivity (Wildman–Crippen MR) is 73.6 cm³/mol. The summed E-state index contributed by atoms with van der Waals surface area (Å²) in [5, 5.41) is 0.636. The third-order valence-corrected chi connectivity index (χ3v) is 3.77. The number of carbonyl (C=O) groups is 1. The monoisotopic (exact) mass is 252 g/mol. The van der Waals surface area contributed by atoms with Crippen LogP contribution >= 0.6 is 11.8 Å². The Labute approximate surface area is 107 Å². The smallest absolute Gasteiger partial charge is 0.241 e. The standard InChI is InChI=1S/C13H20N2OS/c1-9(2)17-8-11-4-6-12(7-5-11)10(3)13(16)15-14/h4-7,9-10H,8,14H2,1-3H3,(H,15,16). The fourth-order valence-corrected chi connectivity index (χ4v) is 2.16. The average Bonchev–Trinajstić information content (AvgIpc) is 2.35. The molecular weight excluding hydrogens is 232 g/mol. The van der Waals surface area contributed by atoms with Gasteiger partial charge in [0.05, 0.1) is 5.92 Å². The molecule has 0 aliphatic heterocycles. The minimum atomic E-state index is -0.202. The second-order valence-electron chi connectivity index (χ2n) is 4.33. The van der Waals surface area contributed by atoms with E-state index in [1.807, 2.05) is 30.8 Å². The van der Waals surface area contributed by atoms with Crippen molar-refractivity contribution in [3.63, 3.8) is 0 Å². The molecule has 17 heavy (non-hydrogen) atoms. The first-order chi connectivity index (χ1) is 8.04.